The summed E-state index contributed by atoms with van der Waals surface area (Å²) in [6.45, 7) is 1.27. The summed E-state index contributed by atoms with van der Waals surface area (Å²) in [5.74, 6) is 0.725. The zero-order valence-electron chi connectivity index (χ0n) is 8.72. The van der Waals surface area contributed by atoms with Crippen LogP contribution < -0.4 is 15.8 Å². The molecule has 1 heterocycles. The van der Waals surface area contributed by atoms with Crippen LogP contribution in [0.4, 0.5) is 10.8 Å². The van der Waals surface area contributed by atoms with Gasteiger partial charge in [0.1, 0.15) is 12.4 Å². The SMILES string of the molecule is Nc1ccccc1OCCNc1nccs1. The van der Waals surface area contributed by atoms with Gasteiger partial charge in [0, 0.05) is 11.6 Å². The van der Waals surface area contributed by atoms with E-state index in [1.54, 1.807) is 17.5 Å². The van der Waals surface area contributed by atoms with E-state index in [1.165, 1.54) is 0 Å². The van der Waals surface area contributed by atoms with Crippen LogP contribution in [0.3, 0.4) is 0 Å². The molecule has 2 rings (SSSR count). The van der Waals surface area contributed by atoms with Crippen LogP contribution in [0.25, 0.3) is 0 Å². The van der Waals surface area contributed by atoms with E-state index in [2.05, 4.69) is 10.3 Å². The molecule has 0 spiro atoms. The van der Waals surface area contributed by atoms with Gasteiger partial charge in [-0.15, -0.1) is 11.3 Å². The first-order valence-corrected chi connectivity index (χ1v) is 5.85. The normalized spacial score (nSPS) is 10.0. The van der Waals surface area contributed by atoms with Gasteiger partial charge in [-0.2, -0.15) is 0 Å². The Bertz CT molecular complexity index is 431. The fourth-order valence-corrected chi connectivity index (χ4v) is 1.80. The summed E-state index contributed by atoms with van der Waals surface area (Å²) >= 11 is 1.57. The van der Waals surface area contributed by atoms with Gasteiger partial charge in [-0.3, -0.25) is 0 Å². The maximum absolute atomic E-state index is 5.74. The molecule has 0 radical (unpaired) electrons. The molecule has 0 fully saturated rings. The van der Waals surface area contributed by atoms with Gasteiger partial charge in [-0.25, -0.2) is 4.98 Å². The first-order chi connectivity index (χ1) is 7.86. The molecule has 1 aromatic carbocycles. The summed E-state index contributed by atoms with van der Waals surface area (Å²) in [5.41, 5.74) is 6.41. The number of hydrogen-bond acceptors (Lipinski definition) is 5. The van der Waals surface area contributed by atoms with Gasteiger partial charge in [-0.05, 0) is 12.1 Å². The monoisotopic (exact) mass is 235 g/mol. The molecule has 0 aliphatic carbocycles. The minimum absolute atomic E-state index is 0.563. The molecular formula is C11H13N3OS. The summed E-state index contributed by atoms with van der Waals surface area (Å²) in [4.78, 5) is 4.11. The summed E-state index contributed by atoms with van der Waals surface area (Å²) in [6.07, 6.45) is 1.77. The van der Waals surface area contributed by atoms with Gasteiger partial charge in [-0.1, -0.05) is 12.1 Å². The van der Waals surface area contributed by atoms with E-state index in [0.717, 1.165) is 10.9 Å². The predicted octanol–water partition coefficient (Wildman–Crippen LogP) is 2.22. The van der Waals surface area contributed by atoms with Gasteiger partial charge in [0.05, 0.1) is 12.2 Å². The number of nitrogen functional groups attached to an aromatic ring is 1. The second kappa shape index (κ2) is 5.37. The predicted molar refractivity (Wildman–Crippen MR) is 67.0 cm³/mol. The Labute approximate surface area is 98.1 Å². The molecular weight excluding hydrogens is 222 g/mol. The van der Waals surface area contributed by atoms with E-state index >= 15 is 0 Å². The highest BCUT2D eigenvalue weighted by Gasteiger charge is 1.98. The smallest absolute Gasteiger partial charge is 0.182 e. The van der Waals surface area contributed by atoms with Gasteiger partial charge in [0.25, 0.3) is 0 Å². The number of rotatable bonds is 5. The second-order valence-electron chi connectivity index (χ2n) is 3.15. The molecule has 2 aromatic rings. The van der Waals surface area contributed by atoms with Crippen molar-refractivity contribution in [2.45, 2.75) is 0 Å². The van der Waals surface area contributed by atoms with E-state index in [1.807, 2.05) is 29.6 Å². The summed E-state index contributed by atoms with van der Waals surface area (Å²) in [6, 6.07) is 7.47. The van der Waals surface area contributed by atoms with Crippen molar-refractivity contribution in [3.63, 3.8) is 0 Å². The maximum Gasteiger partial charge on any atom is 0.182 e. The number of nitrogens with one attached hydrogen (secondary N) is 1. The van der Waals surface area contributed by atoms with Crippen molar-refractivity contribution in [3.05, 3.63) is 35.8 Å². The molecule has 5 heteroatoms. The molecule has 0 bridgehead atoms. The molecule has 4 nitrogen and oxygen atoms in total. The van der Waals surface area contributed by atoms with Gasteiger partial charge in [0.2, 0.25) is 0 Å². The highest BCUT2D eigenvalue weighted by atomic mass is 32.1. The minimum Gasteiger partial charge on any atom is -0.490 e. The Morgan fingerprint density at radius 3 is 3.00 bits per heavy atom. The molecule has 0 aliphatic heterocycles. The summed E-state index contributed by atoms with van der Waals surface area (Å²) in [5, 5.41) is 5.99. The lowest BCUT2D eigenvalue weighted by molar-refractivity contribution is 0.334. The second-order valence-corrected chi connectivity index (χ2v) is 4.04. The number of anilines is 2. The van der Waals surface area contributed by atoms with Gasteiger partial charge < -0.3 is 15.8 Å². The number of benzene rings is 1. The van der Waals surface area contributed by atoms with E-state index < -0.39 is 0 Å². The number of nitrogens with two attached hydrogens (primary N) is 1. The number of para-hydroxylation sites is 2. The average molecular weight is 235 g/mol. The molecule has 16 heavy (non-hydrogen) atoms. The Balaban J connectivity index is 1.74. The van der Waals surface area contributed by atoms with Crippen molar-refractivity contribution in [2.24, 2.45) is 0 Å². The molecule has 84 valence electrons. The van der Waals surface area contributed by atoms with Crippen molar-refractivity contribution >= 4 is 22.2 Å². The topological polar surface area (TPSA) is 60.2 Å². The van der Waals surface area contributed by atoms with Gasteiger partial charge >= 0.3 is 0 Å². The minimum atomic E-state index is 0.563. The van der Waals surface area contributed by atoms with Crippen LogP contribution in [0.5, 0.6) is 5.75 Å². The Morgan fingerprint density at radius 1 is 1.38 bits per heavy atom. The van der Waals surface area contributed by atoms with Crippen molar-refractivity contribution < 1.29 is 4.74 Å². The van der Waals surface area contributed by atoms with Crippen LogP contribution in [0.15, 0.2) is 35.8 Å². The fraction of sp³-hybridized carbons (Fsp3) is 0.182. The molecule has 0 aliphatic rings. The zero-order valence-corrected chi connectivity index (χ0v) is 9.54. The van der Waals surface area contributed by atoms with E-state index in [4.69, 9.17) is 10.5 Å². The molecule has 0 atom stereocenters. The van der Waals surface area contributed by atoms with Crippen molar-refractivity contribution in [3.8, 4) is 5.75 Å². The Hall–Kier alpha value is -1.75. The largest absolute Gasteiger partial charge is 0.490 e. The molecule has 1 aromatic heterocycles. The molecule has 3 N–H and O–H groups in total. The fourth-order valence-electron chi connectivity index (χ4n) is 1.24. The Kier molecular flexibility index (Phi) is 3.61. The Morgan fingerprint density at radius 2 is 2.25 bits per heavy atom. The number of aromatic nitrogens is 1. The van der Waals surface area contributed by atoms with Crippen molar-refractivity contribution in [2.75, 3.05) is 24.2 Å². The van der Waals surface area contributed by atoms with E-state index in [9.17, 15) is 0 Å². The number of ether oxygens (including phenoxy) is 1. The van der Waals surface area contributed by atoms with Crippen LogP contribution in [-0.2, 0) is 0 Å². The quantitative estimate of drug-likeness (QED) is 0.616. The lowest BCUT2D eigenvalue weighted by Gasteiger charge is -2.08. The lowest BCUT2D eigenvalue weighted by atomic mass is 10.3. The van der Waals surface area contributed by atoms with Crippen LogP contribution >= 0.6 is 11.3 Å². The third-order valence-corrected chi connectivity index (χ3v) is 2.72. The molecule has 0 amide bonds. The third-order valence-electron chi connectivity index (χ3n) is 1.99. The van der Waals surface area contributed by atoms with Crippen LogP contribution in [0.2, 0.25) is 0 Å². The third kappa shape index (κ3) is 2.87. The maximum atomic E-state index is 5.74. The summed E-state index contributed by atoms with van der Waals surface area (Å²) in [7, 11) is 0. The number of nitrogens with zero attached hydrogens (tertiary/aromatic N) is 1. The first-order valence-electron chi connectivity index (χ1n) is 4.97. The van der Waals surface area contributed by atoms with Gasteiger partial charge in [0.15, 0.2) is 5.13 Å². The van der Waals surface area contributed by atoms with E-state index in [0.29, 0.717) is 18.8 Å². The number of thiazole rings is 1. The summed E-state index contributed by atoms with van der Waals surface area (Å²) < 4.78 is 5.52. The lowest BCUT2D eigenvalue weighted by Crippen LogP contribution is -2.11. The first kappa shape index (κ1) is 10.8. The molecule has 0 saturated heterocycles. The zero-order chi connectivity index (χ0) is 11.2. The van der Waals surface area contributed by atoms with Crippen LogP contribution in [-0.4, -0.2) is 18.1 Å². The van der Waals surface area contributed by atoms with Crippen molar-refractivity contribution in [1.82, 2.24) is 4.98 Å². The highest BCUT2D eigenvalue weighted by Crippen LogP contribution is 2.19. The molecule has 0 saturated carbocycles. The van der Waals surface area contributed by atoms with Crippen LogP contribution in [0.1, 0.15) is 0 Å². The highest BCUT2D eigenvalue weighted by molar-refractivity contribution is 7.13. The van der Waals surface area contributed by atoms with Crippen molar-refractivity contribution in [1.29, 1.82) is 0 Å². The molecule has 0 unspecified atom stereocenters. The standard InChI is InChI=1S/C11H13N3OS/c12-9-3-1-2-4-10(9)15-7-5-13-11-14-6-8-16-11/h1-4,6,8H,5,7,12H2,(H,13,14). The average Bonchev–Trinajstić information content (AvgIpc) is 2.79. The van der Waals surface area contributed by atoms with Crippen LogP contribution in [0, 0.1) is 0 Å². The van der Waals surface area contributed by atoms with E-state index in [-0.39, 0.29) is 0 Å². The number of hydrogen-bond donors (Lipinski definition) is 2.